The molecule has 0 aliphatic heterocycles. The highest BCUT2D eigenvalue weighted by Crippen LogP contribution is 2.36. The zero-order chi connectivity index (χ0) is 13.3. The molecule has 2 rings (SSSR count). The molecule has 0 aliphatic rings. The summed E-state index contributed by atoms with van der Waals surface area (Å²) in [4.78, 5) is 11.9. The van der Waals surface area contributed by atoms with Crippen molar-refractivity contribution in [2.45, 2.75) is 0 Å². The van der Waals surface area contributed by atoms with Gasteiger partial charge in [0.25, 0.3) is 0 Å². The number of hydrogen-bond donors (Lipinski definition) is 1. The predicted octanol–water partition coefficient (Wildman–Crippen LogP) is 2.06. The van der Waals surface area contributed by atoms with Crippen LogP contribution < -0.4 is 4.72 Å². The number of fused-ring (bicyclic) bond motifs is 1. The number of ether oxygens (including phenoxy) is 1. The van der Waals surface area contributed by atoms with Crippen molar-refractivity contribution >= 4 is 43.1 Å². The van der Waals surface area contributed by atoms with Gasteiger partial charge >= 0.3 is 5.97 Å². The summed E-state index contributed by atoms with van der Waals surface area (Å²) in [5, 5.41) is 0.688. The second kappa shape index (κ2) is 4.58. The summed E-state index contributed by atoms with van der Waals surface area (Å²) in [6.45, 7) is 0. The molecule has 0 saturated heterocycles. The van der Waals surface area contributed by atoms with Gasteiger partial charge in [-0.15, -0.1) is 11.3 Å². The highest BCUT2D eigenvalue weighted by molar-refractivity contribution is 7.92. The lowest BCUT2D eigenvalue weighted by molar-refractivity contribution is 0.0607. The van der Waals surface area contributed by atoms with Crippen LogP contribution in [0.25, 0.3) is 10.1 Å². The molecule has 1 aromatic carbocycles. The predicted molar refractivity (Wildman–Crippen MR) is 71.6 cm³/mol. The first kappa shape index (κ1) is 12.8. The van der Waals surface area contributed by atoms with Crippen LogP contribution in [0.1, 0.15) is 9.67 Å². The molecule has 0 fully saturated rings. The van der Waals surface area contributed by atoms with E-state index < -0.39 is 16.0 Å². The number of nitrogens with one attached hydrogen (secondary N) is 1. The third kappa shape index (κ3) is 2.46. The first-order valence-electron chi connectivity index (χ1n) is 5.00. The van der Waals surface area contributed by atoms with Gasteiger partial charge in [-0.25, -0.2) is 13.2 Å². The Morgan fingerprint density at radius 2 is 2.00 bits per heavy atom. The topological polar surface area (TPSA) is 72.5 Å². The molecular weight excluding hydrogens is 274 g/mol. The summed E-state index contributed by atoms with van der Waals surface area (Å²) >= 11 is 1.20. The van der Waals surface area contributed by atoms with Crippen LogP contribution in [0.15, 0.2) is 24.3 Å². The van der Waals surface area contributed by atoms with E-state index in [1.807, 2.05) is 12.1 Å². The van der Waals surface area contributed by atoms with E-state index >= 15 is 0 Å². The minimum absolute atomic E-state index is 0.254. The van der Waals surface area contributed by atoms with Gasteiger partial charge in [0.15, 0.2) is 0 Å². The summed E-state index contributed by atoms with van der Waals surface area (Å²) in [5.41, 5.74) is 0.282. The fraction of sp³-hybridized carbons (Fsp3) is 0.182. The average Bonchev–Trinajstić information content (AvgIpc) is 2.65. The molecule has 2 aromatic rings. The van der Waals surface area contributed by atoms with Crippen molar-refractivity contribution in [1.29, 1.82) is 0 Å². The lowest BCUT2D eigenvalue weighted by Crippen LogP contribution is -2.12. The van der Waals surface area contributed by atoms with Gasteiger partial charge in [-0.05, 0) is 6.07 Å². The number of sulfonamides is 1. The maximum absolute atomic E-state index is 11.6. The maximum atomic E-state index is 11.6. The second-order valence-electron chi connectivity index (χ2n) is 3.67. The molecule has 7 heteroatoms. The molecule has 18 heavy (non-hydrogen) atoms. The number of hydrogen-bond acceptors (Lipinski definition) is 5. The first-order valence-corrected chi connectivity index (χ1v) is 7.71. The first-order chi connectivity index (χ1) is 8.42. The number of anilines is 1. The molecule has 0 amide bonds. The summed E-state index contributed by atoms with van der Waals surface area (Å²) in [7, 11) is -2.19. The van der Waals surface area contributed by atoms with Crippen molar-refractivity contribution in [1.82, 2.24) is 0 Å². The molecule has 5 nitrogen and oxygen atoms in total. The van der Waals surface area contributed by atoms with Gasteiger partial charge in [-0.3, -0.25) is 4.72 Å². The van der Waals surface area contributed by atoms with Gasteiger partial charge in [0, 0.05) is 10.1 Å². The molecule has 0 aliphatic carbocycles. The van der Waals surface area contributed by atoms with Crippen LogP contribution in [-0.4, -0.2) is 27.8 Å². The van der Waals surface area contributed by atoms with Gasteiger partial charge in [-0.1, -0.05) is 18.2 Å². The van der Waals surface area contributed by atoms with E-state index in [1.165, 1.54) is 18.4 Å². The standard InChI is InChI=1S/C11H11NO4S2/c1-16-11(13)10-9(12-18(2,14)15)7-5-3-4-6-8(7)17-10/h3-6,12H,1-2H3. The Morgan fingerprint density at radius 3 is 2.61 bits per heavy atom. The van der Waals surface area contributed by atoms with Gasteiger partial charge in [0.05, 0.1) is 19.1 Å². The summed E-state index contributed by atoms with van der Waals surface area (Å²) in [6.07, 6.45) is 1.04. The van der Waals surface area contributed by atoms with E-state index in [9.17, 15) is 13.2 Å². The fourth-order valence-electron chi connectivity index (χ4n) is 1.57. The average molecular weight is 285 g/mol. The zero-order valence-corrected chi connectivity index (χ0v) is 11.4. The van der Waals surface area contributed by atoms with Crippen molar-refractivity contribution in [2.75, 3.05) is 18.1 Å². The Labute approximate surface area is 108 Å². The number of rotatable bonds is 3. The molecule has 0 saturated carbocycles. The van der Waals surface area contributed by atoms with E-state index in [4.69, 9.17) is 0 Å². The highest BCUT2D eigenvalue weighted by atomic mass is 32.2. The van der Waals surface area contributed by atoms with Crippen LogP contribution >= 0.6 is 11.3 Å². The molecule has 0 unspecified atom stereocenters. The van der Waals surface area contributed by atoms with E-state index in [-0.39, 0.29) is 10.6 Å². The van der Waals surface area contributed by atoms with Gasteiger partial charge in [-0.2, -0.15) is 0 Å². The Hall–Kier alpha value is -1.60. The Balaban J connectivity index is 2.69. The van der Waals surface area contributed by atoms with Crippen LogP contribution in [0, 0.1) is 0 Å². The van der Waals surface area contributed by atoms with Gasteiger partial charge < -0.3 is 4.74 Å². The molecule has 1 N–H and O–H groups in total. The van der Waals surface area contributed by atoms with Crippen LogP contribution in [0.2, 0.25) is 0 Å². The molecule has 0 atom stereocenters. The molecular formula is C11H11NO4S2. The van der Waals surface area contributed by atoms with Crippen molar-refractivity contribution in [3.05, 3.63) is 29.1 Å². The molecule has 1 heterocycles. The zero-order valence-electron chi connectivity index (χ0n) is 9.76. The smallest absolute Gasteiger partial charge is 0.350 e. The monoisotopic (exact) mass is 285 g/mol. The normalized spacial score (nSPS) is 11.4. The summed E-state index contributed by atoms with van der Waals surface area (Å²) in [6, 6.07) is 7.18. The maximum Gasteiger partial charge on any atom is 0.350 e. The van der Waals surface area contributed by atoms with E-state index in [0.717, 1.165) is 11.0 Å². The van der Waals surface area contributed by atoms with Crippen molar-refractivity contribution < 1.29 is 17.9 Å². The van der Waals surface area contributed by atoms with E-state index in [2.05, 4.69) is 9.46 Å². The summed E-state index contributed by atoms with van der Waals surface area (Å²) in [5.74, 6) is -0.553. The Kier molecular flexibility index (Phi) is 3.27. The van der Waals surface area contributed by atoms with Crippen LogP contribution in [-0.2, 0) is 14.8 Å². The number of carbonyl (C=O) groups excluding carboxylic acids is 1. The molecule has 0 radical (unpaired) electrons. The van der Waals surface area contributed by atoms with E-state index in [0.29, 0.717) is 5.39 Å². The minimum Gasteiger partial charge on any atom is -0.465 e. The van der Waals surface area contributed by atoms with Crippen LogP contribution in [0.3, 0.4) is 0 Å². The Morgan fingerprint density at radius 1 is 1.33 bits per heavy atom. The van der Waals surface area contributed by atoms with Crippen molar-refractivity contribution in [3.8, 4) is 0 Å². The number of methoxy groups -OCH3 is 1. The van der Waals surface area contributed by atoms with Crippen molar-refractivity contribution in [2.24, 2.45) is 0 Å². The third-order valence-corrected chi connectivity index (χ3v) is 3.98. The molecule has 96 valence electrons. The summed E-state index contributed by atoms with van der Waals surface area (Å²) < 4.78 is 30.5. The molecule has 0 bridgehead atoms. The SMILES string of the molecule is COC(=O)c1sc2ccccc2c1NS(C)(=O)=O. The van der Waals surface area contributed by atoms with Crippen molar-refractivity contribution in [3.63, 3.8) is 0 Å². The number of esters is 1. The van der Waals surface area contributed by atoms with E-state index in [1.54, 1.807) is 12.1 Å². The molecule has 1 aromatic heterocycles. The fourth-order valence-corrected chi connectivity index (χ4v) is 3.29. The lowest BCUT2D eigenvalue weighted by Gasteiger charge is -2.04. The quantitative estimate of drug-likeness (QED) is 0.876. The second-order valence-corrected chi connectivity index (χ2v) is 6.47. The lowest BCUT2D eigenvalue weighted by atomic mass is 10.2. The number of benzene rings is 1. The molecule has 0 spiro atoms. The number of thiophene rings is 1. The largest absolute Gasteiger partial charge is 0.465 e. The van der Waals surface area contributed by atoms with Crippen LogP contribution in [0.5, 0.6) is 0 Å². The number of carbonyl (C=O) groups is 1. The highest BCUT2D eigenvalue weighted by Gasteiger charge is 2.20. The Bertz CT molecular complexity index is 703. The van der Waals surface area contributed by atoms with Crippen LogP contribution in [0.4, 0.5) is 5.69 Å². The van der Waals surface area contributed by atoms with Gasteiger partial charge in [0.1, 0.15) is 4.88 Å². The van der Waals surface area contributed by atoms with Gasteiger partial charge in [0.2, 0.25) is 10.0 Å². The minimum atomic E-state index is -3.45. The third-order valence-electron chi connectivity index (χ3n) is 2.25.